The summed E-state index contributed by atoms with van der Waals surface area (Å²) in [6.07, 6.45) is 0. The summed E-state index contributed by atoms with van der Waals surface area (Å²) >= 11 is 0. The number of rotatable bonds is 7. The Kier molecular flexibility index (Phi) is 7.02. The highest BCUT2D eigenvalue weighted by Crippen LogP contribution is 2.20. The molecule has 2 aromatic rings. The van der Waals surface area contributed by atoms with Crippen LogP contribution in [0.2, 0.25) is 0 Å². The van der Waals surface area contributed by atoms with E-state index >= 15 is 0 Å². The van der Waals surface area contributed by atoms with Crippen molar-refractivity contribution in [2.75, 3.05) is 51.8 Å². The number of nitro groups is 1. The van der Waals surface area contributed by atoms with Crippen LogP contribution in [-0.2, 0) is 4.74 Å². The Morgan fingerprint density at radius 3 is 2.47 bits per heavy atom. The SMILES string of the molecule is Cc1ccc(C(=O)NC[C@H](c2ccc(N(C)C)cc2)[NH+]2CCOCC2)cc1[N+](=O)[O-]. The van der Waals surface area contributed by atoms with E-state index in [1.54, 1.807) is 19.1 Å². The zero-order chi connectivity index (χ0) is 21.7. The number of benzene rings is 2. The first-order valence-electron chi connectivity index (χ1n) is 10.1. The first-order chi connectivity index (χ1) is 14.4. The predicted molar refractivity (Wildman–Crippen MR) is 115 cm³/mol. The van der Waals surface area contributed by atoms with Crippen LogP contribution in [0.15, 0.2) is 42.5 Å². The molecule has 8 nitrogen and oxygen atoms in total. The van der Waals surface area contributed by atoms with E-state index in [9.17, 15) is 14.9 Å². The molecule has 0 aromatic heterocycles. The van der Waals surface area contributed by atoms with Crippen LogP contribution in [0.3, 0.4) is 0 Å². The molecule has 1 aliphatic rings. The summed E-state index contributed by atoms with van der Waals surface area (Å²) in [5.41, 5.74) is 3.05. The second-order valence-corrected chi connectivity index (χ2v) is 7.78. The van der Waals surface area contributed by atoms with E-state index in [1.165, 1.54) is 11.0 Å². The number of anilines is 1. The largest absolute Gasteiger partial charge is 0.378 e. The summed E-state index contributed by atoms with van der Waals surface area (Å²) in [6.45, 7) is 5.23. The van der Waals surface area contributed by atoms with Crippen molar-refractivity contribution in [3.63, 3.8) is 0 Å². The molecule has 0 unspecified atom stereocenters. The van der Waals surface area contributed by atoms with Gasteiger partial charge in [0.1, 0.15) is 19.1 Å². The molecule has 0 aliphatic carbocycles. The number of hydrogen-bond acceptors (Lipinski definition) is 5. The Hall–Kier alpha value is -2.97. The average molecular weight is 413 g/mol. The van der Waals surface area contributed by atoms with Gasteiger partial charge in [-0.3, -0.25) is 14.9 Å². The number of nitrogens with zero attached hydrogens (tertiary/aromatic N) is 2. The monoisotopic (exact) mass is 413 g/mol. The number of carbonyl (C=O) groups is 1. The van der Waals surface area contributed by atoms with Crippen molar-refractivity contribution >= 4 is 17.3 Å². The lowest BCUT2D eigenvalue weighted by Crippen LogP contribution is -3.15. The van der Waals surface area contributed by atoms with Crippen LogP contribution in [0.1, 0.15) is 27.5 Å². The van der Waals surface area contributed by atoms with Gasteiger partial charge < -0.3 is 19.9 Å². The number of nitrogens with one attached hydrogen (secondary N) is 2. The van der Waals surface area contributed by atoms with Crippen molar-refractivity contribution in [2.45, 2.75) is 13.0 Å². The minimum absolute atomic E-state index is 0.0442. The summed E-state index contributed by atoms with van der Waals surface area (Å²) < 4.78 is 5.50. The zero-order valence-corrected chi connectivity index (χ0v) is 17.7. The van der Waals surface area contributed by atoms with Gasteiger partial charge >= 0.3 is 0 Å². The first kappa shape index (κ1) is 21.7. The molecule has 1 aliphatic heterocycles. The zero-order valence-electron chi connectivity index (χ0n) is 17.7. The van der Waals surface area contributed by atoms with Gasteiger partial charge in [-0.25, -0.2) is 0 Å². The molecule has 3 rings (SSSR count). The van der Waals surface area contributed by atoms with Gasteiger partial charge in [-0.05, 0) is 25.1 Å². The molecule has 0 spiro atoms. The van der Waals surface area contributed by atoms with Crippen LogP contribution in [0.25, 0.3) is 0 Å². The number of hydrogen-bond donors (Lipinski definition) is 2. The number of ether oxygens (including phenoxy) is 1. The molecule has 2 N–H and O–H groups in total. The van der Waals surface area contributed by atoms with Crippen molar-refractivity contribution in [1.29, 1.82) is 0 Å². The summed E-state index contributed by atoms with van der Waals surface area (Å²) in [7, 11) is 4.00. The van der Waals surface area contributed by atoms with Crippen LogP contribution in [0, 0.1) is 17.0 Å². The van der Waals surface area contributed by atoms with Gasteiger partial charge in [0.05, 0.1) is 24.7 Å². The molecule has 30 heavy (non-hydrogen) atoms. The van der Waals surface area contributed by atoms with E-state index < -0.39 is 4.92 Å². The van der Waals surface area contributed by atoms with Crippen LogP contribution < -0.4 is 15.1 Å². The smallest absolute Gasteiger partial charge is 0.273 e. The van der Waals surface area contributed by atoms with Gasteiger partial charge in [0.25, 0.3) is 11.6 Å². The van der Waals surface area contributed by atoms with E-state index in [1.807, 2.05) is 19.0 Å². The number of morpholine rings is 1. The average Bonchev–Trinajstić information content (AvgIpc) is 2.75. The second-order valence-electron chi connectivity index (χ2n) is 7.78. The molecule has 0 bridgehead atoms. The standard InChI is InChI=1S/C22H28N4O4/c1-16-4-5-18(14-20(16)26(28)29)22(27)23-15-21(25-10-12-30-13-11-25)17-6-8-19(9-7-17)24(2)3/h4-9,14,21H,10-13,15H2,1-3H3,(H,23,27)/p+1/t21-/m1/s1. The highest BCUT2D eigenvalue weighted by Gasteiger charge is 2.27. The fourth-order valence-corrected chi connectivity index (χ4v) is 3.73. The van der Waals surface area contributed by atoms with Gasteiger partial charge in [0.2, 0.25) is 0 Å². The van der Waals surface area contributed by atoms with Crippen LogP contribution in [-0.4, -0.2) is 57.8 Å². The Morgan fingerprint density at radius 2 is 1.87 bits per heavy atom. The second kappa shape index (κ2) is 9.69. The number of amides is 1. The fourth-order valence-electron chi connectivity index (χ4n) is 3.73. The quantitative estimate of drug-likeness (QED) is 0.529. The van der Waals surface area contributed by atoms with Crippen LogP contribution in [0.4, 0.5) is 11.4 Å². The summed E-state index contributed by atoms with van der Waals surface area (Å²) in [5, 5.41) is 14.2. The van der Waals surface area contributed by atoms with E-state index in [0.29, 0.717) is 30.9 Å². The van der Waals surface area contributed by atoms with Gasteiger partial charge in [0.15, 0.2) is 0 Å². The molecule has 2 aromatic carbocycles. The lowest BCUT2D eigenvalue weighted by Gasteiger charge is -2.32. The lowest BCUT2D eigenvalue weighted by atomic mass is 10.0. The maximum Gasteiger partial charge on any atom is 0.273 e. The van der Waals surface area contributed by atoms with Crippen LogP contribution in [0.5, 0.6) is 0 Å². The molecule has 1 amide bonds. The van der Waals surface area contributed by atoms with Crippen molar-refractivity contribution in [3.8, 4) is 0 Å². The Balaban J connectivity index is 1.77. The van der Waals surface area contributed by atoms with Gasteiger partial charge in [-0.2, -0.15) is 0 Å². The van der Waals surface area contributed by atoms with Crippen LogP contribution >= 0.6 is 0 Å². The molecule has 0 radical (unpaired) electrons. The normalized spacial score (nSPS) is 15.4. The number of nitro benzene ring substituents is 1. The number of quaternary nitrogens is 1. The Bertz CT molecular complexity index is 893. The molecular weight excluding hydrogens is 384 g/mol. The van der Waals surface area contributed by atoms with Gasteiger partial charge in [-0.1, -0.05) is 18.2 Å². The van der Waals surface area contributed by atoms with E-state index in [4.69, 9.17) is 4.74 Å². The Morgan fingerprint density at radius 1 is 1.20 bits per heavy atom. The molecule has 160 valence electrons. The van der Waals surface area contributed by atoms with E-state index in [2.05, 4.69) is 29.6 Å². The highest BCUT2D eigenvalue weighted by atomic mass is 16.6. The predicted octanol–water partition coefficient (Wildman–Crippen LogP) is 1.36. The molecule has 1 atom stereocenters. The maximum absolute atomic E-state index is 12.7. The van der Waals surface area contributed by atoms with Gasteiger partial charge in [-0.15, -0.1) is 0 Å². The third kappa shape index (κ3) is 5.14. The van der Waals surface area contributed by atoms with Crippen molar-refractivity contribution in [1.82, 2.24) is 5.32 Å². The summed E-state index contributed by atoms with van der Waals surface area (Å²) in [4.78, 5) is 26.8. The minimum atomic E-state index is -0.459. The van der Waals surface area contributed by atoms with Gasteiger partial charge in [0, 0.05) is 42.5 Å². The van der Waals surface area contributed by atoms with Crippen molar-refractivity contribution in [2.24, 2.45) is 0 Å². The number of carbonyl (C=O) groups excluding carboxylic acids is 1. The molecular formula is C22H29N4O4+. The third-order valence-corrected chi connectivity index (χ3v) is 5.57. The molecule has 8 heteroatoms. The molecule has 1 heterocycles. The minimum Gasteiger partial charge on any atom is -0.378 e. The Labute approximate surface area is 176 Å². The first-order valence-corrected chi connectivity index (χ1v) is 10.1. The highest BCUT2D eigenvalue weighted by molar-refractivity contribution is 5.95. The van der Waals surface area contributed by atoms with Crippen molar-refractivity contribution < 1.29 is 19.4 Å². The summed E-state index contributed by atoms with van der Waals surface area (Å²) in [6, 6.07) is 13.0. The maximum atomic E-state index is 12.7. The fraction of sp³-hybridized carbons (Fsp3) is 0.409. The lowest BCUT2D eigenvalue weighted by molar-refractivity contribution is -0.937. The molecule has 1 saturated heterocycles. The topological polar surface area (TPSA) is 89.2 Å². The summed E-state index contributed by atoms with van der Waals surface area (Å²) in [5.74, 6) is -0.305. The number of aryl methyl sites for hydroxylation is 1. The van der Waals surface area contributed by atoms with E-state index in [0.717, 1.165) is 24.3 Å². The van der Waals surface area contributed by atoms with E-state index in [-0.39, 0.29) is 17.6 Å². The molecule has 1 fully saturated rings. The van der Waals surface area contributed by atoms with Crippen molar-refractivity contribution in [3.05, 3.63) is 69.3 Å². The third-order valence-electron chi connectivity index (χ3n) is 5.57. The molecule has 0 saturated carbocycles.